The second-order valence-electron chi connectivity index (χ2n) is 4.51. The molecule has 5 heteroatoms. The van der Waals surface area contributed by atoms with Gasteiger partial charge in [0.05, 0.1) is 11.9 Å². The van der Waals surface area contributed by atoms with Crippen molar-refractivity contribution in [2.45, 2.75) is 33.4 Å². The van der Waals surface area contributed by atoms with E-state index in [-0.39, 0.29) is 6.04 Å². The number of rotatable bonds is 4. The molecule has 0 radical (unpaired) electrons. The molecule has 0 bridgehead atoms. The summed E-state index contributed by atoms with van der Waals surface area (Å²) in [5.41, 5.74) is 3.42. The lowest BCUT2D eigenvalue weighted by atomic mass is 10.1. The summed E-state index contributed by atoms with van der Waals surface area (Å²) in [4.78, 5) is 8.46. The van der Waals surface area contributed by atoms with Crippen molar-refractivity contribution >= 4 is 0 Å². The molecule has 0 saturated carbocycles. The molecule has 0 fully saturated rings. The van der Waals surface area contributed by atoms with Crippen LogP contribution < -0.4 is 5.32 Å². The Balaban J connectivity index is 2.00. The summed E-state index contributed by atoms with van der Waals surface area (Å²) in [6.45, 7) is 6.85. The van der Waals surface area contributed by atoms with Gasteiger partial charge in [0, 0.05) is 37.1 Å². The van der Waals surface area contributed by atoms with Crippen LogP contribution in [0.25, 0.3) is 0 Å². The first kappa shape index (κ1) is 12.7. The topological polar surface area (TPSA) is 55.6 Å². The molecule has 18 heavy (non-hydrogen) atoms. The van der Waals surface area contributed by atoms with E-state index in [0.29, 0.717) is 0 Å². The first-order valence-electron chi connectivity index (χ1n) is 6.08. The van der Waals surface area contributed by atoms with Gasteiger partial charge in [-0.2, -0.15) is 5.10 Å². The van der Waals surface area contributed by atoms with E-state index in [0.717, 1.165) is 18.1 Å². The maximum atomic E-state index is 4.37. The first-order chi connectivity index (χ1) is 8.58. The molecule has 1 unspecified atom stereocenters. The van der Waals surface area contributed by atoms with Crippen molar-refractivity contribution < 1.29 is 0 Å². The van der Waals surface area contributed by atoms with Gasteiger partial charge in [-0.25, -0.2) is 9.97 Å². The van der Waals surface area contributed by atoms with E-state index in [4.69, 9.17) is 0 Å². The minimum atomic E-state index is 0.258. The number of aromatic nitrogens is 4. The molecule has 0 saturated heterocycles. The van der Waals surface area contributed by atoms with Crippen LogP contribution in [0, 0.1) is 13.8 Å². The summed E-state index contributed by atoms with van der Waals surface area (Å²) in [5.74, 6) is 0.805. The van der Waals surface area contributed by atoms with Crippen molar-refractivity contribution in [2.24, 2.45) is 7.05 Å². The average molecular weight is 245 g/mol. The molecule has 0 aliphatic carbocycles. The van der Waals surface area contributed by atoms with Crippen LogP contribution in [0.2, 0.25) is 0 Å². The highest BCUT2D eigenvalue weighted by Gasteiger charge is 2.11. The highest BCUT2D eigenvalue weighted by Crippen LogP contribution is 2.16. The quantitative estimate of drug-likeness (QED) is 0.890. The number of hydrogen-bond donors (Lipinski definition) is 1. The zero-order valence-electron chi connectivity index (χ0n) is 11.3. The van der Waals surface area contributed by atoms with Crippen molar-refractivity contribution in [3.63, 3.8) is 0 Å². The lowest BCUT2D eigenvalue weighted by Gasteiger charge is -2.13. The largest absolute Gasteiger partial charge is 0.304 e. The Labute approximate surface area is 107 Å². The van der Waals surface area contributed by atoms with Crippen LogP contribution in [0.5, 0.6) is 0 Å². The van der Waals surface area contributed by atoms with Crippen LogP contribution >= 0.6 is 0 Å². The van der Waals surface area contributed by atoms with Crippen LogP contribution in [-0.2, 0) is 13.6 Å². The third-order valence-corrected chi connectivity index (χ3v) is 3.16. The fraction of sp³-hybridized carbons (Fsp3) is 0.462. The summed E-state index contributed by atoms with van der Waals surface area (Å²) >= 11 is 0. The molecule has 1 N–H and O–H groups in total. The second kappa shape index (κ2) is 5.27. The second-order valence-corrected chi connectivity index (χ2v) is 4.51. The van der Waals surface area contributed by atoms with Gasteiger partial charge in [-0.1, -0.05) is 0 Å². The van der Waals surface area contributed by atoms with Gasteiger partial charge in [0.2, 0.25) is 0 Å². The molecule has 0 aliphatic rings. The Morgan fingerprint density at radius 2 is 2.17 bits per heavy atom. The lowest BCUT2D eigenvalue weighted by Crippen LogP contribution is -2.19. The maximum absolute atomic E-state index is 4.37. The van der Waals surface area contributed by atoms with E-state index in [1.165, 1.54) is 11.3 Å². The molecule has 2 rings (SSSR count). The van der Waals surface area contributed by atoms with E-state index in [9.17, 15) is 0 Å². The minimum Gasteiger partial charge on any atom is -0.304 e. The van der Waals surface area contributed by atoms with Gasteiger partial charge in [-0.15, -0.1) is 0 Å². The molecule has 2 aromatic rings. The monoisotopic (exact) mass is 245 g/mol. The van der Waals surface area contributed by atoms with Crippen molar-refractivity contribution in [3.8, 4) is 0 Å². The van der Waals surface area contributed by atoms with Crippen LogP contribution in [0.15, 0.2) is 18.5 Å². The van der Waals surface area contributed by atoms with E-state index in [1.54, 1.807) is 6.20 Å². The van der Waals surface area contributed by atoms with Crippen LogP contribution in [-0.4, -0.2) is 19.7 Å². The van der Waals surface area contributed by atoms with Crippen molar-refractivity contribution in [1.29, 1.82) is 0 Å². The summed E-state index contributed by atoms with van der Waals surface area (Å²) < 4.78 is 1.89. The number of nitrogens with zero attached hydrogens (tertiary/aromatic N) is 4. The molecular weight excluding hydrogens is 226 g/mol. The van der Waals surface area contributed by atoms with Gasteiger partial charge in [-0.05, 0) is 26.8 Å². The number of nitrogens with one attached hydrogen (secondary N) is 1. The van der Waals surface area contributed by atoms with Crippen molar-refractivity contribution in [3.05, 3.63) is 41.2 Å². The molecule has 2 aromatic heterocycles. The predicted octanol–water partition coefficient (Wildman–Crippen LogP) is 1.68. The normalized spacial score (nSPS) is 12.7. The Kier molecular flexibility index (Phi) is 3.72. The van der Waals surface area contributed by atoms with E-state index in [2.05, 4.69) is 34.2 Å². The van der Waals surface area contributed by atoms with Crippen LogP contribution in [0.4, 0.5) is 0 Å². The van der Waals surface area contributed by atoms with E-state index in [1.807, 2.05) is 30.9 Å². The molecule has 0 amide bonds. The zero-order chi connectivity index (χ0) is 13.1. The van der Waals surface area contributed by atoms with Gasteiger partial charge in [0.25, 0.3) is 0 Å². The Morgan fingerprint density at radius 1 is 1.39 bits per heavy atom. The molecule has 0 aliphatic heterocycles. The Morgan fingerprint density at radius 3 is 2.78 bits per heavy atom. The predicted molar refractivity (Wildman–Crippen MR) is 70.0 cm³/mol. The van der Waals surface area contributed by atoms with Crippen LogP contribution in [0.3, 0.4) is 0 Å². The lowest BCUT2D eigenvalue weighted by molar-refractivity contribution is 0.562. The van der Waals surface area contributed by atoms with Gasteiger partial charge in [0.15, 0.2) is 0 Å². The SMILES string of the molecule is Cc1nccc(CNC(C)c2cnn(C)c2C)n1. The van der Waals surface area contributed by atoms with Gasteiger partial charge in [0.1, 0.15) is 5.82 Å². The molecular formula is C13H19N5. The first-order valence-corrected chi connectivity index (χ1v) is 6.08. The molecule has 5 nitrogen and oxygen atoms in total. The summed E-state index contributed by atoms with van der Waals surface area (Å²) in [7, 11) is 1.96. The fourth-order valence-electron chi connectivity index (χ4n) is 1.91. The number of hydrogen-bond acceptors (Lipinski definition) is 4. The summed E-state index contributed by atoms with van der Waals surface area (Å²) in [6.07, 6.45) is 3.71. The van der Waals surface area contributed by atoms with Gasteiger partial charge < -0.3 is 5.32 Å². The van der Waals surface area contributed by atoms with E-state index < -0.39 is 0 Å². The Bertz CT molecular complexity index is 532. The summed E-state index contributed by atoms with van der Waals surface area (Å²) in [5, 5.41) is 7.71. The molecule has 1 atom stereocenters. The average Bonchev–Trinajstić information content (AvgIpc) is 2.67. The highest BCUT2D eigenvalue weighted by atomic mass is 15.3. The van der Waals surface area contributed by atoms with Crippen LogP contribution in [0.1, 0.15) is 35.7 Å². The fourth-order valence-corrected chi connectivity index (χ4v) is 1.91. The summed E-state index contributed by atoms with van der Waals surface area (Å²) in [6, 6.07) is 2.19. The van der Waals surface area contributed by atoms with Gasteiger partial charge in [-0.3, -0.25) is 4.68 Å². The highest BCUT2D eigenvalue weighted by molar-refractivity contribution is 5.19. The van der Waals surface area contributed by atoms with Crippen molar-refractivity contribution in [1.82, 2.24) is 25.1 Å². The number of aryl methyl sites for hydroxylation is 2. The molecule has 2 heterocycles. The molecule has 0 aromatic carbocycles. The standard InChI is InChI=1S/C13H19N5/c1-9(13-8-16-18(4)10(13)2)15-7-12-5-6-14-11(3)17-12/h5-6,8-9,15H,7H2,1-4H3. The third-order valence-electron chi connectivity index (χ3n) is 3.16. The van der Waals surface area contributed by atoms with Gasteiger partial charge >= 0.3 is 0 Å². The smallest absolute Gasteiger partial charge is 0.125 e. The Hall–Kier alpha value is -1.75. The molecule has 96 valence electrons. The van der Waals surface area contributed by atoms with E-state index >= 15 is 0 Å². The van der Waals surface area contributed by atoms with Crippen molar-refractivity contribution in [2.75, 3.05) is 0 Å². The molecule has 0 spiro atoms. The minimum absolute atomic E-state index is 0.258. The zero-order valence-corrected chi connectivity index (χ0v) is 11.3. The third kappa shape index (κ3) is 2.73. The maximum Gasteiger partial charge on any atom is 0.125 e.